The maximum absolute atomic E-state index is 8.72. The van der Waals surface area contributed by atoms with Gasteiger partial charge in [0.15, 0.2) is 0 Å². The molecule has 0 radical (unpaired) electrons. The van der Waals surface area contributed by atoms with Gasteiger partial charge in [-0.1, -0.05) is 36.4 Å². The third kappa shape index (κ3) is 6.28. The van der Waals surface area contributed by atoms with Gasteiger partial charge in [0.1, 0.15) is 24.7 Å². The smallest absolute Gasteiger partial charge is 0.123 e. The van der Waals surface area contributed by atoms with E-state index in [2.05, 4.69) is 28.0 Å². The number of hydrogen-bond donors (Lipinski definition) is 0. The summed E-state index contributed by atoms with van der Waals surface area (Å²) < 4.78 is 11.7. The molecule has 0 spiro atoms. The molecule has 0 saturated carbocycles. The lowest BCUT2D eigenvalue weighted by Crippen LogP contribution is -2.46. The van der Waals surface area contributed by atoms with Gasteiger partial charge < -0.3 is 9.47 Å². The molecule has 1 aliphatic rings. The molecule has 5 nitrogen and oxygen atoms in total. The first-order valence-corrected chi connectivity index (χ1v) is 9.55. The van der Waals surface area contributed by atoms with E-state index in [1.807, 2.05) is 42.5 Å². The highest BCUT2D eigenvalue weighted by Gasteiger charge is 2.17. The Balaban J connectivity index is 1.44. The van der Waals surface area contributed by atoms with Crippen molar-refractivity contribution in [1.82, 2.24) is 9.80 Å². The molecule has 2 aromatic rings. The molecule has 0 aliphatic carbocycles. The molecule has 0 amide bonds. The van der Waals surface area contributed by atoms with Crippen molar-refractivity contribution < 1.29 is 9.47 Å². The summed E-state index contributed by atoms with van der Waals surface area (Å²) in [6.45, 7) is 6.91. The quantitative estimate of drug-likeness (QED) is 0.639. The fraction of sp³-hybridized carbons (Fsp3) is 0.409. The second kappa shape index (κ2) is 10.6. The zero-order chi connectivity index (χ0) is 18.7. The molecule has 2 aromatic carbocycles. The van der Waals surface area contributed by atoms with Gasteiger partial charge in [-0.25, -0.2) is 0 Å². The molecule has 1 aliphatic heterocycles. The van der Waals surface area contributed by atoms with Crippen molar-refractivity contribution in [3.63, 3.8) is 0 Å². The van der Waals surface area contributed by atoms with Crippen molar-refractivity contribution in [2.45, 2.75) is 13.0 Å². The Bertz CT molecular complexity index is 722. The average Bonchev–Trinajstić information content (AvgIpc) is 2.72. The highest BCUT2D eigenvalue weighted by atomic mass is 16.5. The Morgan fingerprint density at radius 1 is 0.815 bits per heavy atom. The topological polar surface area (TPSA) is 48.7 Å². The highest BCUT2D eigenvalue weighted by Crippen LogP contribution is 2.21. The second-order valence-electron chi connectivity index (χ2n) is 6.64. The standard InChI is InChI=1S/C22H27N3O2/c23-11-6-12-24-13-15-25(16-14-24)19-20-7-4-5-10-22(20)27-18-17-26-21-8-2-1-3-9-21/h1-5,7-10H,6,12-19H2. The van der Waals surface area contributed by atoms with E-state index in [1.54, 1.807) is 0 Å². The summed E-state index contributed by atoms with van der Waals surface area (Å²) in [6, 6.07) is 20.3. The molecule has 1 saturated heterocycles. The summed E-state index contributed by atoms with van der Waals surface area (Å²) in [7, 11) is 0. The summed E-state index contributed by atoms with van der Waals surface area (Å²) in [6.07, 6.45) is 0.613. The SMILES string of the molecule is N#CCCN1CCN(Cc2ccccc2OCCOc2ccccc2)CC1. The van der Waals surface area contributed by atoms with Crippen LogP contribution in [-0.4, -0.2) is 55.7 Å². The fourth-order valence-electron chi connectivity index (χ4n) is 3.22. The van der Waals surface area contributed by atoms with Crippen LogP contribution in [-0.2, 0) is 6.54 Å². The number of para-hydroxylation sites is 2. The molecule has 142 valence electrons. The van der Waals surface area contributed by atoms with E-state index in [9.17, 15) is 0 Å². The van der Waals surface area contributed by atoms with E-state index < -0.39 is 0 Å². The molecule has 27 heavy (non-hydrogen) atoms. The number of benzene rings is 2. The van der Waals surface area contributed by atoms with Crippen molar-refractivity contribution in [2.75, 3.05) is 45.9 Å². The van der Waals surface area contributed by atoms with Crippen LogP contribution in [0.25, 0.3) is 0 Å². The van der Waals surface area contributed by atoms with Crippen molar-refractivity contribution in [2.24, 2.45) is 0 Å². The maximum Gasteiger partial charge on any atom is 0.123 e. The first kappa shape index (κ1) is 19.2. The molecule has 0 N–H and O–H groups in total. The van der Waals surface area contributed by atoms with Gasteiger partial charge in [-0.2, -0.15) is 5.26 Å². The van der Waals surface area contributed by atoms with Crippen molar-refractivity contribution >= 4 is 0 Å². The summed E-state index contributed by atoms with van der Waals surface area (Å²) in [5.74, 6) is 1.80. The van der Waals surface area contributed by atoms with E-state index >= 15 is 0 Å². The van der Waals surface area contributed by atoms with E-state index in [-0.39, 0.29) is 0 Å². The zero-order valence-corrected chi connectivity index (χ0v) is 15.7. The number of rotatable bonds is 9. The monoisotopic (exact) mass is 365 g/mol. The van der Waals surface area contributed by atoms with Crippen LogP contribution in [0.4, 0.5) is 0 Å². The van der Waals surface area contributed by atoms with Crippen LogP contribution in [0.2, 0.25) is 0 Å². The van der Waals surface area contributed by atoms with Gasteiger partial charge in [-0.3, -0.25) is 9.80 Å². The van der Waals surface area contributed by atoms with E-state index in [4.69, 9.17) is 14.7 Å². The van der Waals surface area contributed by atoms with Gasteiger partial charge in [-0.05, 0) is 18.2 Å². The van der Waals surface area contributed by atoms with Crippen molar-refractivity contribution in [3.05, 3.63) is 60.2 Å². The minimum Gasteiger partial charge on any atom is -0.490 e. The van der Waals surface area contributed by atoms with Crippen LogP contribution in [0, 0.1) is 11.3 Å². The average molecular weight is 365 g/mol. The Kier molecular flexibility index (Phi) is 7.52. The number of nitrogens with zero attached hydrogens (tertiary/aromatic N) is 3. The molecule has 1 fully saturated rings. The molecule has 0 atom stereocenters. The van der Waals surface area contributed by atoms with Crippen LogP contribution in [0.3, 0.4) is 0 Å². The Labute approximate surface area is 161 Å². The lowest BCUT2D eigenvalue weighted by atomic mass is 10.1. The Hall–Kier alpha value is -2.55. The van der Waals surface area contributed by atoms with Crippen LogP contribution in [0.5, 0.6) is 11.5 Å². The number of nitriles is 1. The van der Waals surface area contributed by atoms with Gasteiger partial charge in [0.25, 0.3) is 0 Å². The lowest BCUT2D eigenvalue weighted by Gasteiger charge is -2.34. The van der Waals surface area contributed by atoms with Crippen molar-refractivity contribution in [3.8, 4) is 17.6 Å². The van der Waals surface area contributed by atoms with Crippen molar-refractivity contribution in [1.29, 1.82) is 5.26 Å². The fourth-order valence-corrected chi connectivity index (χ4v) is 3.22. The molecule has 0 bridgehead atoms. The molecule has 5 heteroatoms. The summed E-state index contributed by atoms with van der Waals surface area (Å²) in [5.41, 5.74) is 1.21. The lowest BCUT2D eigenvalue weighted by molar-refractivity contribution is 0.127. The Morgan fingerprint density at radius 3 is 2.26 bits per heavy atom. The van der Waals surface area contributed by atoms with Gasteiger partial charge in [0, 0.05) is 51.3 Å². The predicted octanol–water partition coefficient (Wildman–Crippen LogP) is 3.18. The summed E-state index contributed by atoms with van der Waals surface area (Å²) in [4.78, 5) is 4.81. The van der Waals surface area contributed by atoms with Crippen LogP contribution < -0.4 is 9.47 Å². The largest absolute Gasteiger partial charge is 0.490 e. The number of piperazine rings is 1. The van der Waals surface area contributed by atoms with Gasteiger partial charge in [0.2, 0.25) is 0 Å². The van der Waals surface area contributed by atoms with E-state index in [1.165, 1.54) is 5.56 Å². The Morgan fingerprint density at radius 2 is 1.48 bits per heavy atom. The second-order valence-corrected chi connectivity index (χ2v) is 6.64. The minimum atomic E-state index is 0.522. The third-order valence-corrected chi connectivity index (χ3v) is 4.72. The molecule has 3 rings (SSSR count). The first-order valence-electron chi connectivity index (χ1n) is 9.55. The first-order chi connectivity index (χ1) is 13.3. The molecule has 1 heterocycles. The summed E-state index contributed by atoms with van der Waals surface area (Å²) in [5, 5.41) is 8.72. The van der Waals surface area contributed by atoms with Gasteiger partial charge in [0.05, 0.1) is 6.07 Å². The van der Waals surface area contributed by atoms with E-state index in [0.29, 0.717) is 19.6 Å². The third-order valence-electron chi connectivity index (χ3n) is 4.72. The zero-order valence-electron chi connectivity index (χ0n) is 15.7. The maximum atomic E-state index is 8.72. The van der Waals surface area contributed by atoms with E-state index in [0.717, 1.165) is 50.8 Å². The van der Waals surface area contributed by atoms with Gasteiger partial charge >= 0.3 is 0 Å². The number of ether oxygens (including phenoxy) is 2. The predicted molar refractivity (Wildman–Crippen MR) is 106 cm³/mol. The van der Waals surface area contributed by atoms with Crippen LogP contribution in [0.1, 0.15) is 12.0 Å². The number of hydrogen-bond acceptors (Lipinski definition) is 5. The minimum absolute atomic E-state index is 0.522. The van der Waals surface area contributed by atoms with Gasteiger partial charge in [-0.15, -0.1) is 0 Å². The normalized spacial score (nSPS) is 15.2. The molecular formula is C22H27N3O2. The molecular weight excluding hydrogens is 338 g/mol. The molecule has 0 aromatic heterocycles. The summed E-state index contributed by atoms with van der Waals surface area (Å²) >= 11 is 0. The highest BCUT2D eigenvalue weighted by molar-refractivity contribution is 5.33. The van der Waals surface area contributed by atoms with Crippen LogP contribution in [0.15, 0.2) is 54.6 Å². The van der Waals surface area contributed by atoms with Crippen LogP contribution >= 0.6 is 0 Å². The molecule has 0 unspecified atom stereocenters.